The maximum Gasteiger partial charge on any atom is 0.243 e. The van der Waals surface area contributed by atoms with Crippen LogP contribution >= 0.6 is 22.7 Å². The minimum absolute atomic E-state index is 0.255. The normalized spacial score (nSPS) is 15.5. The second kappa shape index (κ2) is 10.8. The topological polar surface area (TPSA) is 76.3 Å². The number of thiophene rings is 1. The first-order chi connectivity index (χ1) is 18.6. The fraction of sp³-hybridized carbons (Fsp3) is 0.143. The van der Waals surface area contributed by atoms with Crippen molar-refractivity contribution in [2.24, 2.45) is 10.1 Å². The van der Waals surface area contributed by atoms with Gasteiger partial charge in [-0.15, -0.1) is 22.7 Å². The van der Waals surface area contributed by atoms with Crippen LogP contribution in [0.5, 0.6) is 0 Å². The first kappa shape index (κ1) is 24.9. The highest BCUT2D eigenvalue weighted by atomic mass is 32.2. The minimum atomic E-state index is -3.56. The van der Waals surface area contributed by atoms with Gasteiger partial charge in [0.1, 0.15) is 0 Å². The van der Waals surface area contributed by atoms with Crippen LogP contribution in [0.3, 0.4) is 0 Å². The standard InChI is InChI=1S/C28H24N4O3S3/c33-38(34,31-14-16-35-17-15-31)24-12-10-23(11-13-24)30-28-32(26(20-37-28)27-9-4-18-36-27)29-19-22-7-3-6-21-5-1-2-8-25(21)22/h1-13,18-20H,14-17H2. The lowest BCUT2D eigenvalue weighted by atomic mass is 10.1. The van der Waals surface area contributed by atoms with Gasteiger partial charge in [-0.2, -0.15) is 9.41 Å². The average Bonchev–Trinajstić information content (AvgIpc) is 3.63. The zero-order chi connectivity index (χ0) is 26.0. The number of rotatable bonds is 6. The van der Waals surface area contributed by atoms with E-state index in [0.29, 0.717) is 36.8 Å². The number of morpholine rings is 1. The lowest BCUT2D eigenvalue weighted by Crippen LogP contribution is -2.40. The summed E-state index contributed by atoms with van der Waals surface area (Å²) in [6.45, 7) is 1.56. The van der Waals surface area contributed by atoms with Gasteiger partial charge >= 0.3 is 0 Å². The highest BCUT2D eigenvalue weighted by molar-refractivity contribution is 7.89. The van der Waals surface area contributed by atoms with Gasteiger partial charge in [0.25, 0.3) is 0 Å². The summed E-state index contributed by atoms with van der Waals surface area (Å²) in [5.74, 6) is 0. The Morgan fingerprint density at radius 1 is 0.868 bits per heavy atom. The molecule has 3 aromatic carbocycles. The van der Waals surface area contributed by atoms with E-state index < -0.39 is 10.0 Å². The maximum absolute atomic E-state index is 13.0. The quantitative estimate of drug-likeness (QED) is 0.255. The third kappa shape index (κ3) is 5.01. The lowest BCUT2D eigenvalue weighted by molar-refractivity contribution is 0.0730. The predicted octanol–water partition coefficient (Wildman–Crippen LogP) is 5.57. The molecule has 3 heterocycles. The number of fused-ring (bicyclic) bond motifs is 1. The van der Waals surface area contributed by atoms with Crippen molar-refractivity contribution < 1.29 is 13.2 Å². The molecule has 0 radical (unpaired) electrons. The van der Waals surface area contributed by atoms with Gasteiger partial charge in [-0.3, -0.25) is 0 Å². The van der Waals surface area contributed by atoms with Gasteiger partial charge in [0, 0.05) is 24.0 Å². The van der Waals surface area contributed by atoms with E-state index in [1.807, 2.05) is 52.0 Å². The first-order valence-corrected chi connectivity index (χ1v) is 15.3. The zero-order valence-electron chi connectivity index (χ0n) is 20.3. The molecular weight excluding hydrogens is 537 g/mol. The SMILES string of the molecule is O=S(=O)(c1ccc(N=c2scc(-c3cccs3)n2N=Cc2cccc3ccccc23)cc1)N1CCOCC1. The first-order valence-electron chi connectivity index (χ1n) is 12.1. The van der Waals surface area contributed by atoms with Crippen molar-refractivity contribution >= 4 is 55.4 Å². The van der Waals surface area contributed by atoms with E-state index in [1.165, 1.54) is 15.6 Å². The van der Waals surface area contributed by atoms with Gasteiger partial charge in [-0.05, 0) is 46.5 Å². The molecule has 1 aliphatic rings. The Morgan fingerprint density at radius 2 is 1.66 bits per heavy atom. The van der Waals surface area contributed by atoms with Crippen LogP contribution in [0.4, 0.5) is 5.69 Å². The number of nitrogens with zero attached hydrogens (tertiary/aromatic N) is 4. The van der Waals surface area contributed by atoms with E-state index in [1.54, 1.807) is 35.6 Å². The summed E-state index contributed by atoms with van der Waals surface area (Å²) in [6, 6.07) is 25.2. The minimum Gasteiger partial charge on any atom is -0.379 e. The largest absolute Gasteiger partial charge is 0.379 e. The van der Waals surface area contributed by atoms with Crippen molar-refractivity contribution in [2.45, 2.75) is 4.90 Å². The summed E-state index contributed by atoms with van der Waals surface area (Å²) in [5.41, 5.74) is 2.62. The maximum atomic E-state index is 13.0. The molecule has 1 aliphatic heterocycles. The molecule has 5 aromatic rings. The lowest BCUT2D eigenvalue weighted by Gasteiger charge is -2.26. The highest BCUT2D eigenvalue weighted by Crippen LogP contribution is 2.26. The Morgan fingerprint density at radius 3 is 2.45 bits per heavy atom. The van der Waals surface area contributed by atoms with Crippen LogP contribution in [-0.4, -0.2) is 49.9 Å². The Balaban J connectivity index is 1.38. The number of ether oxygens (including phenoxy) is 1. The van der Waals surface area contributed by atoms with Crippen LogP contribution in [0, 0.1) is 0 Å². The van der Waals surface area contributed by atoms with Crippen molar-refractivity contribution in [1.29, 1.82) is 0 Å². The van der Waals surface area contributed by atoms with Gasteiger partial charge in [0.2, 0.25) is 14.8 Å². The van der Waals surface area contributed by atoms with Crippen LogP contribution in [-0.2, 0) is 14.8 Å². The van der Waals surface area contributed by atoms with Gasteiger partial charge < -0.3 is 4.74 Å². The number of benzene rings is 3. The van der Waals surface area contributed by atoms with Crippen molar-refractivity contribution in [2.75, 3.05) is 26.3 Å². The molecule has 192 valence electrons. The summed E-state index contributed by atoms with van der Waals surface area (Å²) in [4.78, 5) is 6.86. The summed E-state index contributed by atoms with van der Waals surface area (Å²) in [5, 5.41) is 11.2. The van der Waals surface area contributed by atoms with Gasteiger partial charge in [-0.1, -0.05) is 48.5 Å². The number of thiazole rings is 1. The van der Waals surface area contributed by atoms with Crippen molar-refractivity contribution in [3.63, 3.8) is 0 Å². The van der Waals surface area contributed by atoms with E-state index in [2.05, 4.69) is 24.3 Å². The number of hydrogen-bond acceptors (Lipinski definition) is 7. The molecule has 1 saturated heterocycles. The second-order valence-electron chi connectivity index (χ2n) is 8.63. The molecule has 6 rings (SSSR count). The summed E-state index contributed by atoms with van der Waals surface area (Å²) < 4.78 is 34.6. The monoisotopic (exact) mass is 560 g/mol. The summed E-state index contributed by atoms with van der Waals surface area (Å²) >= 11 is 3.13. The number of hydrogen-bond donors (Lipinski definition) is 0. The van der Waals surface area contributed by atoms with Crippen LogP contribution in [0.15, 0.2) is 105 Å². The molecule has 0 atom stereocenters. The van der Waals surface area contributed by atoms with E-state index in [0.717, 1.165) is 26.9 Å². The Bertz CT molecular complexity index is 1760. The van der Waals surface area contributed by atoms with E-state index >= 15 is 0 Å². The van der Waals surface area contributed by atoms with Crippen molar-refractivity contribution in [1.82, 2.24) is 8.98 Å². The molecule has 2 aromatic heterocycles. The zero-order valence-corrected chi connectivity index (χ0v) is 22.8. The predicted molar refractivity (Wildman–Crippen MR) is 154 cm³/mol. The summed E-state index contributed by atoms with van der Waals surface area (Å²) in [7, 11) is -3.56. The van der Waals surface area contributed by atoms with E-state index in [-0.39, 0.29) is 4.90 Å². The summed E-state index contributed by atoms with van der Waals surface area (Å²) in [6.07, 6.45) is 1.86. The van der Waals surface area contributed by atoms with Gasteiger partial charge in [0.15, 0.2) is 0 Å². The average molecular weight is 561 g/mol. The second-order valence-corrected chi connectivity index (χ2v) is 12.3. The Labute approximate surface area is 228 Å². The van der Waals surface area contributed by atoms with Crippen molar-refractivity contribution in [3.8, 4) is 10.6 Å². The molecule has 0 aliphatic carbocycles. The van der Waals surface area contributed by atoms with E-state index in [9.17, 15) is 8.42 Å². The van der Waals surface area contributed by atoms with Crippen molar-refractivity contribution in [3.05, 3.63) is 100.0 Å². The third-order valence-corrected chi connectivity index (χ3v) is 9.89. The van der Waals surface area contributed by atoms with Crippen LogP contribution < -0.4 is 4.80 Å². The molecule has 0 bridgehead atoms. The molecule has 0 N–H and O–H groups in total. The molecule has 10 heteroatoms. The van der Waals surface area contributed by atoms with Crippen LogP contribution in [0.2, 0.25) is 0 Å². The molecule has 1 fully saturated rings. The molecule has 0 spiro atoms. The molecule has 0 unspecified atom stereocenters. The molecule has 38 heavy (non-hydrogen) atoms. The number of sulfonamides is 1. The van der Waals surface area contributed by atoms with Crippen LogP contribution in [0.25, 0.3) is 21.3 Å². The fourth-order valence-corrected chi connectivity index (χ4v) is 7.36. The molecule has 0 saturated carbocycles. The smallest absolute Gasteiger partial charge is 0.243 e. The molecule has 0 amide bonds. The van der Waals surface area contributed by atoms with Crippen LogP contribution in [0.1, 0.15) is 5.56 Å². The van der Waals surface area contributed by atoms with Gasteiger partial charge in [-0.25, -0.2) is 18.1 Å². The Hall–Kier alpha value is -3.41. The molecular formula is C28H24N4O3S3. The third-order valence-electron chi connectivity index (χ3n) is 6.26. The number of aromatic nitrogens is 1. The van der Waals surface area contributed by atoms with Gasteiger partial charge in [0.05, 0.1) is 40.6 Å². The van der Waals surface area contributed by atoms with E-state index in [4.69, 9.17) is 14.8 Å². The molecule has 7 nitrogen and oxygen atoms in total. The fourth-order valence-electron chi connectivity index (χ4n) is 4.31. The highest BCUT2D eigenvalue weighted by Gasteiger charge is 2.26. The Kier molecular flexibility index (Phi) is 7.05.